The molecule has 21 heavy (non-hydrogen) atoms. The minimum atomic E-state index is -0.0363. The molecular weight excluding hydrogens is 284 g/mol. The van der Waals surface area contributed by atoms with Crippen molar-refractivity contribution in [3.05, 3.63) is 40.8 Å². The van der Waals surface area contributed by atoms with Gasteiger partial charge in [-0.25, -0.2) is 0 Å². The number of nitrogens with one attached hydrogen (secondary N) is 1. The van der Waals surface area contributed by atoms with E-state index in [-0.39, 0.29) is 17.9 Å². The van der Waals surface area contributed by atoms with Crippen LogP contribution in [-0.2, 0) is 0 Å². The molecule has 0 unspecified atom stereocenters. The van der Waals surface area contributed by atoms with Gasteiger partial charge < -0.3 is 15.0 Å². The Balaban J connectivity index is 2.00. The predicted molar refractivity (Wildman–Crippen MR) is 86.1 cm³/mol. The zero-order valence-electron chi connectivity index (χ0n) is 12.5. The van der Waals surface area contributed by atoms with Crippen LogP contribution in [0.4, 0.5) is 0 Å². The van der Waals surface area contributed by atoms with Crippen LogP contribution in [0.5, 0.6) is 0 Å². The van der Waals surface area contributed by atoms with Gasteiger partial charge in [-0.05, 0) is 41.8 Å². The number of hydrogen-bond donors (Lipinski definition) is 2. The van der Waals surface area contributed by atoms with Crippen molar-refractivity contribution < 1.29 is 9.90 Å². The summed E-state index contributed by atoms with van der Waals surface area (Å²) in [6.07, 6.45) is 5.52. The van der Waals surface area contributed by atoms with Crippen LogP contribution in [0, 0.1) is 5.41 Å². The van der Waals surface area contributed by atoms with Gasteiger partial charge in [0.15, 0.2) is 0 Å². The summed E-state index contributed by atoms with van der Waals surface area (Å²) in [4.78, 5) is 13.1. The molecule has 4 nitrogen and oxygen atoms in total. The van der Waals surface area contributed by atoms with Crippen LogP contribution in [-0.4, -0.2) is 28.7 Å². The molecule has 0 aliphatic carbocycles. The minimum absolute atomic E-state index is 0.0107. The molecule has 2 rings (SSSR count). The average molecular weight is 306 g/mol. The van der Waals surface area contributed by atoms with E-state index < -0.39 is 0 Å². The van der Waals surface area contributed by atoms with Crippen LogP contribution in [0.2, 0.25) is 0 Å². The lowest BCUT2D eigenvalue weighted by molar-refractivity contribution is 0.0937. The lowest BCUT2D eigenvalue weighted by Gasteiger charge is -2.24. The third-order valence-corrected chi connectivity index (χ3v) is 4.37. The van der Waals surface area contributed by atoms with E-state index in [9.17, 15) is 4.79 Å². The van der Waals surface area contributed by atoms with Crippen LogP contribution in [0.3, 0.4) is 0 Å². The molecule has 0 saturated heterocycles. The van der Waals surface area contributed by atoms with E-state index in [1.807, 2.05) is 40.5 Å². The highest BCUT2D eigenvalue weighted by atomic mass is 32.1. The molecule has 0 radical (unpaired) electrons. The first-order chi connectivity index (χ1) is 10.0. The van der Waals surface area contributed by atoms with Crippen molar-refractivity contribution in [3.8, 4) is 5.69 Å². The number of rotatable bonds is 7. The van der Waals surface area contributed by atoms with E-state index in [0.717, 1.165) is 23.4 Å². The van der Waals surface area contributed by atoms with Gasteiger partial charge in [0, 0.05) is 25.5 Å². The third kappa shape index (κ3) is 4.19. The molecule has 114 valence electrons. The van der Waals surface area contributed by atoms with E-state index in [0.29, 0.717) is 6.54 Å². The molecule has 2 aromatic rings. The molecule has 0 fully saturated rings. The number of carbonyl (C=O) groups is 1. The summed E-state index contributed by atoms with van der Waals surface area (Å²) in [6.45, 7) is 5.00. The van der Waals surface area contributed by atoms with E-state index in [4.69, 9.17) is 5.11 Å². The van der Waals surface area contributed by atoms with E-state index in [1.165, 1.54) is 11.3 Å². The fraction of sp³-hybridized carbons (Fsp3) is 0.438. The van der Waals surface area contributed by atoms with Gasteiger partial charge in [0.1, 0.15) is 4.88 Å². The quantitative estimate of drug-likeness (QED) is 0.826. The highest BCUT2D eigenvalue weighted by molar-refractivity contribution is 7.12. The smallest absolute Gasteiger partial charge is 0.263 e. The molecule has 5 heteroatoms. The van der Waals surface area contributed by atoms with E-state index in [1.54, 1.807) is 0 Å². The predicted octanol–water partition coefficient (Wildman–Crippen LogP) is 3.07. The summed E-state index contributed by atoms with van der Waals surface area (Å²) >= 11 is 1.45. The van der Waals surface area contributed by atoms with Crippen LogP contribution in [0.25, 0.3) is 5.69 Å². The summed E-state index contributed by atoms with van der Waals surface area (Å²) < 4.78 is 1.95. The van der Waals surface area contributed by atoms with Gasteiger partial charge in [-0.2, -0.15) is 0 Å². The number of aliphatic hydroxyl groups excluding tert-OH is 1. The SMILES string of the molecule is CC(C)(CCCO)CNC(=O)c1sccc1-n1cccc1. The zero-order chi connectivity index (χ0) is 15.3. The Labute approximate surface area is 129 Å². The second-order valence-electron chi connectivity index (χ2n) is 5.90. The van der Waals surface area contributed by atoms with Gasteiger partial charge in [0.25, 0.3) is 5.91 Å². The molecule has 0 aliphatic heterocycles. The normalized spacial score (nSPS) is 11.6. The summed E-state index contributed by atoms with van der Waals surface area (Å²) in [6, 6.07) is 5.84. The Morgan fingerprint density at radius 1 is 1.38 bits per heavy atom. The lowest BCUT2D eigenvalue weighted by atomic mass is 9.88. The highest BCUT2D eigenvalue weighted by Gasteiger charge is 2.20. The zero-order valence-corrected chi connectivity index (χ0v) is 13.3. The van der Waals surface area contributed by atoms with E-state index >= 15 is 0 Å². The maximum Gasteiger partial charge on any atom is 0.263 e. The number of aromatic nitrogens is 1. The molecule has 0 atom stereocenters. The Kier molecular flexibility index (Phi) is 5.20. The van der Waals surface area contributed by atoms with Gasteiger partial charge in [-0.3, -0.25) is 4.79 Å². The van der Waals surface area contributed by atoms with Crippen LogP contribution < -0.4 is 5.32 Å². The van der Waals surface area contributed by atoms with Crippen molar-refractivity contribution in [1.82, 2.24) is 9.88 Å². The maximum absolute atomic E-state index is 12.4. The van der Waals surface area contributed by atoms with Crippen LogP contribution in [0.1, 0.15) is 36.4 Å². The topological polar surface area (TPSA) is 54.3 Å². The summed E-state index contributed by atoms with van der Waals surface area (Å²) in [5.41, 5.74) is 0.902. The standard InChI is InChI=1S/C16H22N2O2S/c1-16(2,7-5-10-19)12-17-15(20)14-13(6-11-21-14)18-8-3-4-9-18/h3-4,6,8-9,11,19H,5,7,10,12H2,1-2H3,(H,17,20). The highest BCUT2D eigenvalue weighted by Crippen LogP contribution is 2.23. The van der Waals surface area contributed by atoms with Crippen molar-refractivity contribution in [2.24, 2.45) is 5.41 Å². The molecule has 0 saturated carbocycles. The van der Waals surface area contributed by atoms with Gasteiger partial charge in [0.2, 0.25) is 0 Å². The van der Waals surface area contributed by atoms with Crippen molar-refractivity contribution >= 4 is 17.2 Å². The molecule has 0 spiro atoms. The van der Waals surface area contributed by atoms with Crippen molar-refractivity contribution in [1.29, 1.82) is 0 Å². The van der Waals surface area contributed by atoms with Crippen molar-refractivity contribution in [2.45, 2.75) is 26.7 Å². The first-order valence-electron chi connectivity index (χ1n) is 7.13. The first-order valence-corrected chi connectivity index (χ1v) is 8.01. The Morgan fingerprint density at radius 2 is 2.10 bits per heavy atom. The van der Waals surface area contributed by atoms with Crippen molar-refractivity contribution in [3.63, 3.8) is 0 Å². The average Bonchev–Trinajstić information content (AvgIpc) is 3.12. The minimum Gasteiger partial charge on any atom is -0.396 e. The van der Waals surface area contributed by atoms with E-state index in [2.05, 4.69) is 19.2 Å². The second kappa shape index (κ2) is 6.91. The fourth-order valence-electron chi connectivity index (χ4n) is 2.22. The second-order valence-corrected chi connectivity index (χ2v) is 6.82. The largest absolute Gasteiger partial charge is 0.396 e. The van der Waals surface area contributed by atoms with Crippen molar-refractivity contribution in [2.75, 3.05) is 13.2 Å². The third-order valence-electron chi connectivity index (χ3n) is 3.47. The van der Waals surface area contributed by atoms with Crippen LogP contribution in [0.15, 0.2) is 36.0 Å². The van der Waals surface area contributed by atoms with Crippen LogP contribution >= 0.6 is 11.3 Å². The number of amides is 1. The molecule has 2 aromatic heterocycles. The number of nitrogens with zero attached hydrogens (tertiary/aromatic N) is 1. The Morgan fingerprint density at radius 3 is 2.76 bits per heavy atom. The molecule has 1 amide bonds. The number of hydrogen-bond acceptors (Lipinski definition) is 3. The van der Waals surface area contributed by atoms with Gasteiger partial charge in [0.05, 0.1) is 5.69 Å². The molecule has 2 heterocycles. The first kappa shape index (κ1) is 15.8. The molecule has 2 N–H and O–H groups in total. The maximum atomic E-state index is 12.4. The molecular formula is C16H22N2O2S. The van der Waals surface area contributed by atoms with Gasteiger partial charge in [-0.1, -0.05) is 13.8 Å². The summed E-state index contributed by atoms with van der Waals surface area (Å²) in [7, 11) is 0. The number of carbonyl (C=O) groups excluding carboxylic acids is 1. The Bertz CT molecular complexity index is 573. The van der Waals surface area contributed by atoms with Gasteiger partial charge >= 0.3 is 0 Å². The monoisotopic (exact) mass is 306 g/mol. The molecule has 0 aliphatic rings. The number of thiophene rings is 1. The number of aliphatic hydroxyl groups is 1. The Hall–Kier alpha value is -1.59. The van der Waals surface area contributed by atoms with Gasteiger partial charge in [-0.15, -0.1) is 11.3 Å². The lowest BCUT2D eigenvalue weighted by Crippen LogP contribution is -2.34. The molecule has 0 bridgehead atoms. The summed E-state index contributed by atoms with van der Waals surface area (Å²) in [5.74, 6) is -0.0363. The summed E-state index contributed by atoms with van der Waals surface area (Å²) in [5, 5.41) is 13.9. The fourth-order valence-corrected chi connectivity index (χ4v) is 3.02. The molecule has 0 aromatic carbocycles.